The van der Waals surface area contributed by atoms with Crippen LogP contribution in [0.4, 0.5) is 5.88 Å². The quantitative estimate of drug-likeness (QED) is 0.355. The van der Waals surface area contributed by atoms with Gasteiger partial charge in [0.25, 0.3) is 0 Å². The normalized spacial score (nSPS) is 10.5. The summed E-state index contributed by atoms with van der Waals surface area (Å²) in [4.78, 5) is 13.0. The molecule has 3 aromatic carbocycles. The van der Waals surface area contributed by atoms with E-state index >= 15 is 0 Å². The van der Waals surface area contributed by atoms with E-state index in [1.54, 1.807) is 46.6 Å². The number of hydrogen-bond acceptors (Lipinski definition) is 7. The third-order valence-corrected chi connectivity index (χ3v) is 5.48. The number of nitrogens with zero attached hydrogens (tertiary/aromatic N) is 1. The molecule has 4 aromatic rings. The van der Waals surface area contributed by atoms with Gasteiger partial charge >= 0.3 is 0 Å². The van der Waals surface area contributed by atoms with Crippen LogP contribution in [0.1, 0.15) is 5.56 Å². The van der Waals surface area contributed by atoms with Crippen LogP contribution in [-0.2, 0) is 11.2 Å². The summed E-state index contributed by atoms with van der Waals surface area (Å²) in [5, 5.41) is 7.14. The maximum atomic E-state index is 13.0. The second kappa shape index (κ2) is 10.6. The van der Waals surface area contributed by atoms with Crippen molar-refractivity contribution in [3.63, 3.8) is 0 Å². The van der Waals surface area contributed by atoms with E-state index in [-0.39, 0.29) is 18.2 Å². The van der Waals surface area contributed by atoms with Gasteiger partial charge in [0.2, 0.25) is 11.8 Å². The lowest BCUT2D eigenvalue weighted by Crippen LogP contribution is -2.14. The Hall–Kier alpha value is -4.46. The average Bonchev–Trinajstić information content (AvgIpc) is 3.31. The highest BCUT2D eigenvalue weighted by Gasteiger charge is 2.22. The molecule has 1 N–H and O–H groups in total. The number of ether oxygens (including phenoxy) is 4. The van der Waals surface area contributed by atoms with Crippen molar-refractivity contribution in [2.45, 2.75) is 6.42 Å². The lowest BCUT2D eigenvalue weighted by Gasteiger charge is -2.11. The first-order valence-corrected chi connectivity index (χ1v) is 10.9. The van der Waals surface area contributed by atoms with Gasteiger partial charge in [-0.1, -0.05) is 47.6 Å². The maximum absolute atomic E-state index is 13.0. The van der Waals surface area contributed by atoms with Crippen molar-refractivity contribution in [2.24, 2.45) is 0 Å². The fourth-order valence-corrected chi connectivity index (χ4v) is 3.77. The molecular formula is C27H26N2O6. The Bertz CT molecular complexity index is 1320. The fourth-order valence-electron chi connectivity index (χ4n) is 3.77. The van der Waals surface area contributed by atoms with Crippen molar-refractivity contribution in [2.75, 3.05) is 33.8 Å². The molecule has 0 aliphatic rings. The van der Waals surface area contributed by atoms with Gasteiger partial charge < -0.3 is 23.5 Å². The molecule has 0 saturated heterocycles. The molecule has 0 fully saturated rings. The molecule has 0 spiro atoms. The highest BCUT2D eigenvalue weighted by atomic mass is 16.5. The number of nitrogens with one attached hydrogen (secondary N) is 1. The van der Waals surface area contributed by atoms with Gasteiger partial charge in [0.15, 0.2) is 23.0 Å². The molecule has 0 aliphatic carbocycles. The summed E-state index contributed by atoms with van der Waals surface area (Å²) in [6, 6.07) is 20.4. The topological polar surface area (TPSA) is 92.1 Å². The molecule has 0 unspecified atom stereocenters. The molecule has 0 saturated carbocycles. The largest absolute Gasteiger partial charge is 0.493 e. The second-order valence-corrected chi connectivity index (χ2v) is 7.59. The number of methoxy groups -OCH3 is 4. The van der Waals surface area contributed by atoms with Crippen LogP contribution in [0.15, 0.2) is 71.3 Å². The molecule has 0 atom stereocenters. The van der Waals surface area contributed by atoms with Crippen LogP contribution >= 0.6 is 0 Å². The predicted octanol–water partition coefficient (Wildman–Crippen LogP) is 5.22. The van der Waals surface area contributed by atoms with Crippen LogP contribution in [-0.4, -0.2) is 39.5 Å². The number of anilines is 1. The lowest BCUT2D eigenvalue weighted by molar-refractivity contribution is -0.115. The van der Waals surface area contributed by atoms with E-state index in [9.17, 15) is 4.79 Å². The summed E-state index contributed by atoms with van der Waals surface area (Å²) in [5.74, 6) is 2.25. The van der Waals surface area contributed by atoms with E-state index in [1.807, 2.05) is 48.5 Å². The van der Waals surface area contributed by atoms with Gasteiger partial charge in [-0.25, -0.2) is 0 Å². The van der Waals surface area contributed by atoms with Crippen LogP contribution in [0.3, 0.4) is 0 Å². The predicted molar refractivity (Wildman–Crippen MR) is 132 cm³/mol. The smallest absolute Gasteiger partial charge is 0.239 e. The number of carbonyl (C=O) groups excluding carboxylic acids is 1. The third-order valence-electron chi connectivity index (χ3n) is 5.48. The Kier molecular flexibility index (Phi) is 7.21. The lowest BCUT2D eigenvalue weighted by atomic mass is 10.00. The molecule has 1 aromatic heterocycles. The summed E-state index contributed by atoms with van der Waals surface area (Å²) in [6.07, 6.45) is 0.104. The van der Waals surface area contributed by atoms with E-state index in [0.717, 1.165) is 16.7 Å². The molecule has 1 amide bonds. The third kappa shape index (κ3) is 5.06. The molecule has 0 radical (unpaired) electrons. The number of amides is 1. The van der Waals surface area contributed by atoms with Crippen molar-refractivity contribution in [1.82, 2.24) is 5.16 Å². The monoisotopic (exact) mass is 474 g/mol. The average molecular weight is 475 g/mol. The zero-order valence-electron chi connectivity index (χ0n) is 20.0. The minimum atomic E-state index is -0.269. The number of rotatable bonds is 9. The van der Waals surface area contributed by atoms with Gasteiger partial charge in [-0.15, -0.1) is 0 Å². The van der Waals surface area contributed by atoms with Crippen LogP contribution in [0.25, 0.3) is 22.4 Å². The van der Waals surface area contributed by atoms with Gasteiger partial charge in [0.05, 0.1) is 40.4 Å². The standard InChI is InChI=1S/C27H26N2O6/c1-31-20-12-10-17(14-22(20)33-3)15-24(30)28-27-25(19-11-13-21(32-2)23(16-19)34-4)26(29-35-27)18-8-6-5-7-9-18/h5-14,16H,15H2,1-4H3,(H,28,30). The van der Waals surface area contributed by atoms with Gasteiger partial charge in [-0.2, -0.15) is 0 Å². The molecule has 1 heterocycles. The molecule has 0 aliphatic heterocycles. The Morgan fingerprint density at radius 1 is 0.771 bits per heavy atom. The molecule has 8 heteroatoms. The molecular weight excluding hydrogens is 448 g/mol. The van der Waals surface area contributed by atoms with E-state index in [4.69, 9.17) is 23.5 Å². The number of benzene rings is 3. The fraction of sp³-hybridized carbons (Fsp3) is 0.185. The SMILES string of the molecule is COc1ccc(CC(=O)Nc2onc(-c3ccccc3)c2-c2ccc(OC)c(OC)c2)cc1OC. The number of carbonyl (C=O) groups is 1. The molecule has 35 heavy (non-hydrogen) atoms. The van der Waals surface area contributed by atoms with Crippen LogP contribution < -0.4 is 24.3 Å². The van der Waals surface area contributed by atoms with Crippen molar-refractivity contribution < 1.29 is 28.3 Å². The van der Waals surface area contributed by atoms with E-state index in [1.165, 1.54) is 0 Å². The van der Waals surface area contributed by atoms with Crippen LogP contribution in [0.5, 0.6) is 23.0 Å². The van der Waals surface area contributed by atoms with Crippen molar-refractivity contribution in [1.29, 1.82) is 0 Å². The van der Waals surface area contributed by atoms with Gasteiger partial charge in [0, 0.05) is 5.56 Å². The Morgan fingerprint density at radius 3 is 2.06 bits per heavy atom. The highest BCUT2D eigenvalue weighted by molar-refractivity contribution is 5.98. The van der Waals surface area contributed by atoms with Crippen molar-refractivity contribution in [3.05, 3.63) is 72.3 Å². The summed E-state index contributed by atoms with van der Waals surface area (Å²) in [7, 11) is 6.26. The minimum Gasteiger partial charge on any atom is -0.493 e. The Labute approximate surface area is 203 Å². The zero-order valence-corrected chi connectivity index (χ0v) is 20.0. The molecule has 4 rings (SSSR count). The second-order valence-electron chi connectivity index (χ2n) is 7.59. The van der Waals surface area contributed by atoms with Crippen LogP contribution in [0.2, 0.25) is 0 Å². The summed E-state index contributed by atoms with van der Waals surface area (Å²) in [5.41, 5.74) is 3.60. The minimum absolute atomic E-state index is 0.104. The van der Waals surface area contributed by atoms with Crippen molar-refractivity contribution in [3.8, 4) is 45.4 Å². The summed E-state index contributed by atoms with van der Waals surface area (Å²) >= 11 is 0. The van der Waals surface area contributed by atoms with Gasteiger partial charge in [0.1, 0.15) is 5.69 Å². The zero-order chi connectivity index (χ0) is 24.8. The Balaban J connectivity index is 1.69. The first-order valence-electron chi connectivity index (χ1n) is 10.9. The summed E-state index contributed by atoms with van der Waals surface area (Å²) < 4.78 is 27.1. The first-order chi connectivity index (χ1) is 17.1. The van der Waals surface area contributed by atoms with Crippen LogP contribution in [0, 0.1) is 0 Å². The molecule has 8 nitrogen and oxygen atoms in total. The Morgan fingerprint density at radius 2 is 1.40 bits per heavy atom. The van der Waals surface area contributed by atoms with E-state index in [2.05, 4.69) is 10.5 Å². The number of aromatic nitrogens is 1. The molecule has 0 bridgehead atoms. The van der Waals surface area contributed by atoms with Gasteiger partial charge in [-0.05, 0) is 35.4 Å². The van der Waals surface area contributed by atoms with Crippen molar-refractivity contribution >= 4 is 11.8 Å². The van der Waals surface area contributed by atoms with E-state index in [0.29, 0.717) is 34.3 Å². The first kappa shape index (κ1) is 23.7. The van der Waals surface area contributed by atoms with Gasteiger partial charge in [-0.3, -0.25) is 10.1 Å². The maximum Gasteiger partial charge on any atom is 0.239 e. The summed E-state index contributed by atoms with van der Waals surface area (Å²) in [6.45, 7) is 0. The van der Waals surface area contributed by atoms with E-state index < -0.39 is 0 Å². The number of hydrogen-bond donors (Lipinski definition) is 1. The highest BCUT2D eigenvalue weighted by Crippen LogP contribution is 2.41. The molecule has 180 valence electrons.